The van der Waals surface area contributed by atoms with Gasteiger partial charge in [-0.2, -0.15) is 13.2 Å². The Morgan fingerprint density at radius 2 is 1.78 bits per heavy atom. The summed E-state index contributed by atoms with van der Waals surface area (Å²) in [6, 6.07) is 6.99. The zero-order valence-electron chi connectivity index (χ0n) is 12.8. The summed E-state index contributed by atoms with van der Waals surface area (Å²) in [5, 5.41) is 6.12. The van der Waals surface area contributed by atoms with E-state index in [1.165, 1.54) is 0 Å². The van der Waals surface area contributed by atoms with Crippen LogP contribution in [-0.4, -0.2) is 31.8 Å². The lowest BCUT2D eigenvalue weighted by Crippen LogP contribution is -2.37. The molecule has 2 rings (SSSR count). The van der Waals surface area contributed by atoms with E-state index in [9.17, 15) is 18.0 Å². The standard InChI is InChI=1S/C16H21F3N2O2/c17-16(18,19)11-23-10-13-3-1-12(2-4-13)9-21-15(22)14-5-7-20-8-6-14/h1-4,14,20H,5-11H2,(H,21,22). The van der Waals surface area contributed by atoms with Gasteiger partial charge in [0.25, 0.3) is 0 Å². The molecule has 1 aliphatic heterocycles. The van der Waals surface area contributed by atoms with Crippen LogP contribution in [0.5, 0.6) is 0 Å². The Morgan fingerprint density at radius 3 is 2.39 bits per heavy atom. The Morgan fingerprint density at radius 1 is 1.17 bits per heavy atom. The van der Waals surface area contributed by atoms with Crippen molar-refractivity contribution in [3.8, 4) is 0 Å². The normalized spacial score (nSPS) is 16.3. The monoisotopic (exact) mass is 330 g/mol. The van der Waals surface area contributed by atoms with Gasteiger partial charge in [-0.1, -0.05) is 24.3 Å². The molecule has 0 spiro atoms. The summed E-state index contributed by atoms with van der Waals surface area (Å²) in [4.78, 5) is 12.0. The van der Waals surface area contributed by atoms with Crippen LogP contribution in [0.25, 0.3) is 0 Å². The highest BCUT2D eigenvalue weighted by atomic mass is 19.4. The SMILES string of the molecule is O=C(NCc1ccc(COCC(F)(F)F)cc1)C1CCNCC1. The van der Waals surface area contributed by atoms with Gasteiger partial charge in [-0.3, -0.25) is 4.79 Å². The highest BCUT2D eigenvalue weighted by Crippen LogP contribution is 2.16. The molecule has 1 aromatic rings. The van der Waals surface area contributed by atoms with Gasteiger partial charge < -0.3 is 15.4 Å². The van der Waals surface area contributed by atoms with Gasteiger partial charge >= 0.3 is 6.18 Å². The minimum Gasteiger partial charge on any atom is -0.367 e. The molecule has 0 atom stereocenters. The van der Waals surface area contributed by atoms with Gasteiger partial charge in [0.15, 0.2) is 0 Å². The van der Waals surface area contributed by atoms with Crippen molar-refractivity contribution in [1.82, 2.24) is 10.6 Å². The molecule has 4 nitrogen and oxygen atoms in total. The first-order chi connectivity index (χ1) is 10.9. The van der Waals surface area contributed by atoms with E-state index in [0.717, 1.165) is 31.5 Å². The van der Waals surface area contributed by atoms with Crippen molar-refractivity contribution in [2.75, 3.05) is 19.7 Å². The van der Waals surface area contributed by atoms with Crippen molar-refractivity contribution >= 4 is 5.91 Å². The molecule has 1 aliphatic rings. The van der Waals surface area contributed by atoms with Crippen LogP contribution < -0.4 is 10.6 Å². The summed E-state index contributed by atoms with van der Waals surface area (Å²) >= 11 is 0. The molecule has 1 heterocycles. The Bertz CT molecular complexity index is 497. The number of nitrogens with one attached hydrogen (secondary N) is 2. The Balaban J connectivity index is 1.73. The number of benzene rings is 1. The summed E-state index contributed by atoms with van der Waals surface area (Å²) in [7, 11) is 0. The molecule has 1 amide bonds. The molecule has 0 unspecified atom stereocenters. The Kier molecular flexibility index (Phi) is 6.41. The number of carbonyl (C=O) groups is 1. The molecule has 1 aromatic carbocycles. The van der Waals surface area contributed by atoms with Crippen LogP contribution in [0.4, 0.5) is 13.2 Å². The molecule has 1 fully saturated rings. The van der Waals surface area contributed by atoms with E-state index in [1.807, 2.05) is 0 Å². The first kappa shape index (κ1) is 17.7. The number of carbonyl (C=O) groups excluding carboxylic acids is 1. The number of ether oxygens (including phenoxy) is 1. The number of piperidine rings is 1. The average Bonchev–Trinajstić information content (AvgIpc) is 2.53. The van der Waals surface area contributed by atoms with E-state index in [1.54, 1.807) is 24.3 Å². The third-order valence-electron chi connectivity index (χ3n) is 3.73. The molecule has 23 heavy (non-hydrogen) atoms. The van der Waals surface area contributed by atoms with Crippen molar-refractivity contribution < 1.29 is 22.7 Å². The van der Waals surface area contributed by atoms with E-state index in [4.69, 9.17) is 0 Å². The maximum Gasteiger partial charge on any atom is 0.411 e. The van der Waals surface area contributed by atoms with E-state index in [0.29, 0.717) is 12.1 Å². The molecule has 128 valence electrons. The third kappa shape index (κ3) is 6.58. The largest absolute Gasteiger partial charge is 0.411 e. The van der Waals surface area contributed by atoms with Crippen LogP contribution in [0.3, 0.4) is 0 Å². The van der Waals surface area contributed by atoms with Crippen molar-refractivity contribution in [3.05, 3.63) is 35.4 Å². The van der Waals surface area contributed by atoms with Gasteiger partial charge in [0.2, 0.25) is 5.91 Å². The second-order valence-electron chi connectivity index (χ2n) is 5.67. The average molecular weight is 330 g/mol. The zero-order chi connectivity index (χ0) is 16.7. The van der Waals surface area contributed by atoms with Gasteiger partial charge in [-0.25, -0.2) is 0 Å². The molecule has 0 aliphatic carbocycles. The fourth-order valence-electron chi connectivity index (χ4n) is 2.46. The molecular formula is C16H21F3N2O2. The lowest BCUT2D eigenvalue weighted by Gasteiger charge is -2.21. The smallest absolute Gasteiger partial charge is 0.367 e. The Hall–Kier alpha value is -1.60. The predicted octanol–water partition coefficient (Wildman–Crippen LogP) is 2.38. The molecule has 7 heteroatoms. The molecule has 0 bridgehead atoms. The fraction of sp³-hybridized carbons (Fsp3) is 0.562. The first-order valence-corrected chi connectivity index (χ1v) is 7.65. The van der Waals surface area contributed by atoms with Crippen LogP contribution in [0.1, 0.15) is 24.0 Å². The number of rotatable bonds is 6. The first-order valence-electron chi connectivity index (χ1n) is 7.65. The lowest BCUT2D eigenvalue weighted by atomic mass is 9.97. The molecular weight excluding hydrogens is 309 g/mol. The van der Waals surface area contributed by atoms with Gasteiger partial charge in [0.1, 0.15) is 6.61 Å². The van der Waals surface area contributed by atoms with Crippen molar-refractivity contribution in [2.45, 2.75) is 32.2 Å². The lowest BCUT2D eigenvalue weighted by molar-refractivity contribution is -0.176. The van der Waals surface area contributed by atoms with Gasteiger partial charge in [0, 0.05) is 12.5 Å². The minimum absolute atomic E-state index is 0.0593. The van der Waals surface area contributed by atoms with Crippen LogP contribution in [0.15, 0.2) is 24.3 Å². The number of alkyl halides is 3. The summed E-state index contributed by atoms with van der Waals surface area (Å²) < 4.78 is 40.5. The van der Waals surface area contributed by atoms with E-state index in [2.05, 4.69) is 15.4 Å². The van der Waals surface area contributed by atoms with E-state index in [-0.39, 0.29) is 18.4 Å². The van der Waals surface area contributed by atoms with Crippen molar-refractivity contribution in [1.29, 1.82) is 0 Å². The summed E-state index contributed by atoms with van der Waals surface area (Å²) in [6.45, 7) is 0.824. The molecule has 0 saturated carbocycles. The molecule has 2 N–H and O–H groups in total. The van der Waals surface area contributed by atoms with Crippen LogP contribution in [0.2, 0.25) is 0 Å². The second kappa shape index (κ2) is 8.31. The van der Waals surface area contributed by atoms with Crippen molar-refractivity contribution in [3.63, 3.8) is 0 Å². The molecule has 1 saturated heterocycles. The van der Waals surface area contributed by atoms with Gasteiger partial charge in [-0.05, 0) is 37.1 Å². The maximum atomic E-state index is 12.0. The number of amides is 1. The summed E-state index contributed by atoms with van der Waals surface area (Å²) in [5.41, 5.74) is 1.58. The predicted molar refractivity (Wildman–Crippen MR) is 79.6 cm³/mol. The van der Waals surface area contributed by atoms with Crippen LogP contribution in [0, 0.1) is 5.92 Å². The second-order valence-corrected chi connectivity index (χ2v) is 5.67. The maximum absolute atomic E-state index is 12.0. The van der Waals surface area contributed by atoms with Crippen LogP contribution >= 0.6 is 0 Å². The topological polar surface area (TPSA) is 50.4 Å². The number of hydrogen-bond acceptors (Lipinski definition) is 3. The number of halogens is 3. The van der Waals surface area contributed by atoms with E-state index < -0.39 is 12.8 Å². The summed E-state index contributed by atoms with van der Waals surface area (Å²) in [6.07, 6.45) is -2.61. The summed E-state index contributed by atoms with van der Waals surface area (Å²) in [5.74, 6) is 0.121. The molecule has 0 aromatic heterocycles. The zero-order valence-corrected chi connectivity index (χ0v) is 12.8. The van der Waals surface area contributed by atoms with Crippen LogP contribution in [-0.2, 0) is 22.7 Å². The quantitative estimate of drug-likeness (QED) is 0.842. The third-order valence-corrected chi connectivity index (χ3v) is 3.73. The highest BCUT2D eigenvalue weighted by Gasteiger charge is 2.27. The van der Waals surface area contributed by atoms with E-state index >= 15 is 0 Å². The van der Waals surface area contributed by atoms with Gasteiger partial charge in [-0.15, -0.1) is 0 Å². The van der Waals surface area contributed by atoms with Crippen molar-refractivity contribution in [2.24, 2.45) is 5.92 Å². The number of hydrogen-bond donors (Lipinski definition) is 2. The fourth-order valence-corrected chi connectivity index (χ4v) is 2.46. The van der Waals surface area contributed by atoms with Gasteiger partial charge in [0.05, 0.1) is 6.61 Å². The Labute approximate surface area is 133 Å². The molecule has 0 radical (unpaired) electrons. The minimum atomic E-state index is -4.31. The highest BCUT2D eigenvalue weighted by molar-refractivity contribution is 5.78.